The first-order chi connectivity index (χ1) is 11.2. The van der Waals surface area contributed by atoms with E-state index in [1.54, 1.807) is 0 Å². The molecule has 0 bridgehead atoms. The smallest absolute Gasteiger partial charge is 0.236 e. The Morgan fingerprint density at radius 2 is 1.61 bits per heavy atom. The second-order valence-corrected chi connectivity index (χ2v) is 7.14. The predicted molar refractivity (Wildman–Crippen MR) is 89.0 cm³/mol. The Morgan fingerprint density at radius 1 is 0.913 bits per heavy atom. The zero-order valence-electron chi connectivity index (χ0n) is 14.1. The van der Waals surface area contributed by atoms with Crippen LogP contribution in [0.2, 0.25) is 0 Å². The summed E-state index contributed by atoms with van der Waals surface area (Å²) in [5, 5.41) is 3.36. The molecule has 0 aromatic carbocycles. The molecule has 3 fully saturated rings. The van der Waals surface area contributed by atoms with Crippen LogP contribution < -0.4 is 5.32 Å². The topological polar surface area (TPSA) is 55.9 Å². The molecule has 130 valence electrons. The van der Waals surface area contributed by atoms with Crippen molar-refractivity contribution in [1.82, 2.24) is 20.0 Å². The monoisotopic (exact) mass is 322 g/mol. The van der Waals surface area contributed by atoms with Crippen molar-refractivity contribution in [1.29, 1.82) is 0 Å². The lowest BCUT2D eigenvalue weighted by atomic mass is 10.0. The first-order valence-electron chi connectivity index (χ1n) is 9.21. The average molecular weight is 322 g/mol. The minimum absolute atomic E-state index is 0.260. The van der Waals surface area contributed by atoms with Crippen LogP contribution in [0.3, 0.4) is 0 Å². The van der Waals surface area contributed by atoms with Gasteiger partial charge in [0.15, 0.2) is 0 Å². The quantitative estimate of drug-likeness (QED) is 0.782. The van der Waals surface area contributed by atoms with Gasteiger partial charge in [-0.3, -0.25) is 14.5 Å². The van der Waals surface area contributed by atoms with E-state index in [9.17, 15) is 9.59 Å². The summed E-state index contributed by atoms with van der Waals surface area (Å²) in [5.74, 6) is 1.23. The zero-order valence-corrected chi connectivity index (χ0v) is 14.1. The summed E-state index contributed by atoms with van der Waals surface area (Å²) < 4.78 is 0. The van der Waals surface area contributed by atoms with Crippen LogP contribution in [0.5, 0.6) is 0 Å². The van der Waals surface area contributed by atoms with Crippen LogP contribution in [-0.2, 0) is 9.59 Å². The number of carbonyl (C=O) groups excluding carboxylic acids is 2. The van der Waals surface area contributed by atoms with E-state index < -0.39 is 0 Å². The maximum Gasteiger partial charge on any atom is 0.236 e. The lowest BCUT2D eigenvalue weighted by molar-refractivity contribution is -0.134. The zero-order chi connectivity index (χ0) is 16.1. The highest BCUT2D eigenvalue weighted by Gasteiger charge is 2.25. The molecule has 3 aliphatic rings. The maximum atomic E-state index is 12.3. The fourth-order valence-corrected chi connectivity index (χ4v) is 3.86. The van der Waals surface area contributed by atoms with Crippen molar-refractivity contribution in [2.45, 2.75) is 32.1 Å². The number of rotatable bonds is 5. The number of amides is 2. The van der Waals surface area contributed by atoms with Gasteiger partial charge in [-0.2, -0.15) is 0 Å². The Balaban J connectivity index is 1.34. The second kappa shape index (κ2) is 8.11. The van der Waals surface area contributed by atoms with Crippen molar-refractivity contribution in [2.75, 3.05) is 58.9 Å². The summed E-state index contributed by atoms with van der Waals surface area (Å²) in [5.41, 5.74) is 0. The molecule has 3 aliphatic heterocycles. The molecule has 0 spiro atoms. The van der Waals surface area contributed by atoms with Gasteiger partial charge in [-0.05, 0) is 44.7 Å². The van der Waals surface area contributed by atoms with Gasteiger partial charge in [0.2, 0.25) is 11.8 Å². The molecule has 0 aromatic rings. The third-order valence-electron chi connectivity index (χ3n) is 5.47. The molecule has 0 radical (unpaired) electrons. The van der Waals surface area contributed by atoms with Crippen molar-refractivity contribution >= 4 is 11.8 Å². The highest BCUT2D eigenvalue weighted by Crippen LogP contribution is 2.16. The summed E-state index contributed by atoms with van der Waals surface area (Å²) in [6.07, 6.45) is 5.19. The molecule has 3 heterocycles. The second-order valence-electron chi connectivity index (χ2n) is 7.14. The average Bonchev–Trinajstić information content (AvgIpc) is 3.26. The fraction of sp³-hybridized carbons (Fsp3) is 0.882. The molecule has 23 heavy (non-hydrogen) atoms. The number of piperazine rings is 1. The minimum Gasteiger partial charge on any atom is -0.342 e. The van der Waals surface area contributed by atoms with E-state index in [1.165, 1.54) is 6.42 Å². The minimum atomic E-state index is 0.260. The molecule has 6 nitrogen and oxygen atoms in total. The van der Waals surface area contributed by atoms with Crippen LogP contribution in [0.4, 0.5) is 0 Å². The first kappa shape index (κ1) is 16.7. The molecular formula is C17H30N4O2. The highest BCUT2D eigenvalue weighted by molar-refractivity contribution is 5.78. The highest BCUT2D eigenvalue weighted by atomic mass is 16.2. The van der Waals surface area contributed by atoms with Crippen LogP contribution in [-0.4, -0.2) is 85.4 Å². The summed E-state index contributed by atoms with van der Waals surface area (Å²) >= 11 is 0. The molecule has 3 rings (SSSR count). The van der Waals surface area contributed by atoms with Gasteiger partial charge in [0.1, 0.15) is 0 Å². The van der Waals surface area contributed by atoms with Crippen molar-refractivity contribution in [2.24, 2.45) is 5.92 Å². The van der Waals surface area contributed by atoms with Gasteiger partial charge >= 0.3 is 0 Å². The van der Waals surface area contributed by atoms with E-state index in [0.717, 1.165) is 71.6 Å². The Kier molecular flexibility index (Phi) is 5.89. The molecular weight excluding hydrogens is 292 g/mol. The van der Waals surface area contributed by atoms with E-state index >= 15 is 0 Å². The van der Waals surface area contributed by atoms with Crippen LogP contribution in [0.1, 0.15) is 32.1 Å². The normalized spacial score (nSPS) is 26.0. The lowest BCUT2D eigenvalue weighted by Crippen LogP contribution is -2.51. The lowest BCUT2D eigenvalue weighted by Gasteiger charge is -2.35. The summed E-state index contributed by atoms with van der Waals surface area (Å²) in [7, 11) is 0. The molecule has 0 aliphatic carbocycles. The predicted octanol–water partition coefficient (Wildman–Crippen LogP) is 0.143. The molecule has 1 N–H and O–H groups in total. The van der Waals surface area contributed by atoms with Crippen LogP contribution in [0.15, 0.2) is 0 Å². The Hall–Kier alpha value is -1.14. The Labute approximate surface area is 139 Å². The van der Waals surface area contributed by atoms with Crippen molar-refractivity contribution < 1.29 is 9.59 Å². The van der Waals surface area contributed by atoms with E-state index in [2.05, 4.69) is 10.2 Å². The third-order valence-corrected chi connectivity index (χ3v) is 5.47. The molecule has 2 amide bonds. The summed E-state index contributed by atoms with van der Waals surface area (Å²) in [6, 6.07) is 0. The number of nitrogens with zero attached hydrogens (tertiary/aromatic N) is 3. The van der Waals surface area contributed by atoms with Gasteiger partial charge in [-0.25, -0.2) is 0 Å². The number of likely N-dealkylation sites (tertiary alicyclic amines) is 1. The van der Waals surface area contributed by atoms with Gasteiger partial charge < -0.3 is 15.1 Å². The Bertz CT molecular complexity index is 409. The largest absolute Gasteiger partial charge is 0.342 e. The SMILES string of the molecule is O=C(CCC1CCNC1)N1CCN(CC(=O)N2CCCC2)CC1. The van der Waals surface area contributed by atoms with Gasteiger partial charge in [0.25, 0.3) is 0 Å². The molecule has 3 saturated heterocycles. The van der Waals surface area contributed by atoms with Gasteiger partial charge in [0.05, 0.1) is 6.54 Å². The molecule has 1 atom stereocenters. The van der Waals surface area contributed by atoms with E-state index in [-0.39, 0.29) is 5.91 Å². The molecule has 6 heteroatoms. The van der Waals surface area contributed by atoms with E-state index in [1.807, 2.05) is 9.80 Å². The Morgan fingerprint density at radius 3 is 2.26 bits per heavy atom. The summed E-state index contributed by atoms with van der Waals surface area (Å²) in [6.45, 7) is 7.75. The van der Waals surface area contributed by atoms with Gasteiger partial charge in [-0.1, -0.05) is 0 Å². The van der Waals surface area contributed by atoms with Gasteiger partial charge in [0, 0.05) is 45.7 Å². The van der Waals surface area contributed by atoms with Crippen molar-refractivity contribution in [3.05, 3.63) is 0 Å². The number of hydrogen-bond donors (Lipinski definition) is 1. The first-order valence-corrected chi connectivity index (χ1v) is 9.21. The molecule has 0 saturated carbocycles. The van der Waals surface area contributed by atoms with Crippen LogP contribution in [0, 0.1) is 5.92 Å². The maximum absolute atomic E-state index is 12.3. The van der Waals surface area contributed by atoms with E-state index in [0.29, 0.717) is 24.8 Å². The number of hydrogen-bond acceptors (Lipinski definition) is 4. The van der Waals surface area contributed by atoms with Crippen molar-refractivity contribution in [3.8, 4) is 0 Å². The van der Waals surface area contributed by atoms with Crippen LogP contribution in [0.25, 0.3) is 0 Å². The van der Waals surface area contributed by atoms with E-state index in [4.69, 9.17) is 0 Å². The number of nitrogens with one attached hydrogen (secondary N) is 1. The van der Waals surface area contributed by atoms with Gasteiger partial charge in [-0.15, -0.1) is 0 Å². The molecule has 0 aromatic heterocycles. The fourth-order valence-electron chi connectivity index (χ4n) is 3.86. The molecule has 1 unspecified atom stereocenters. The standard InChI is InChI=1S/C17H30N4O2/c22-16(4-3-15-5-6-18-13-15)21-11-9-19(10-12-21)14-17(23)20-7-1-2-8-20/h15,18H,1-14H2. The van der Waals surface area contributed by atoms with Crippen molar-refractivity contribution in [3.63, 3.8) is 0 Å². The van der Waals surface area contributed by atoms with Crippen LogP contribution >= 0.6 is 0 Å². The number of carbonyl (C=O) groups is 2. The third kappa shape index (κ3) is 4.67. The summed E-state index contributed by atoms with van der Waals surface area (Å²) in [4.78, 5) is 30.6.